The van der Waals surface area contributed by atoms with E-state index >= 15 is 0 Å². The number of nitrogens with one attached hydrogen (secondary N) is 1. The van der Waals surface area contributed by atoms with Crippen LogP contribution in [-0.2, 0) is 26.3 Å². The molecule has 0 atom stereocenters. The monoisotopic (exact) mass is 626 g/mol. The van der Waals surface area contributed by atoms with Crippen molar-refractivity contribution in [1.29, 1.82) is 0 Å². The Bertz CT molecular complexity index is 1740. The van der Waals surface area contributed by atoms with Crippen LogP contribution in [-0.4, -0.2) is 49.5 Å². The molecule has 2 aliphatic rings. The van der Waals surface area contributed by atoms with E-state index in [9.17, 15) is 23.1 Å². The van der Waals surface area contributed by atoms with Gasteiger partial charge in [-0.25, -0.2) is 0 Å². The highest BCUT2D eigenvalue weighted by molar-refractivity contribution is 6.31. The molecule has 0 radical (unpaired) electrons. The van der Waals surface area contributed by atoms with Gasteiger partial charge in [0.15, 0.2) is 5.82 Å². The van der Waals surface area contributed by atoms with Crippen LogP contribution in [0.15, 0.2) is 48.8 Å². The van der Waals surface area contributed by atoms with Crippen LogP contribution in [0.4, 0.5) is 19.0 Å². The van der Waals surface area contributed by atoms with Crippen molar-refractivity contribution >= 4 is 23.3 Å². The Labute approximate surface area is 256 Å². The number of anilines is 1. The molecule has 6 rings (SSSR count). The first-order valence-electron chi connectivity index (χ1n) is 14.2. The number of carbonyl (C=O) groups excluding carboxylic acids is 1. The summed E-state index contributed by atoms with van der Waals surface area (Å²) < 4.78 is 50.4. The lowest BCUT2D eigenvalue weighted by atomic mass is 9.80. The number of carbonyl (C=O) groups is 1. The number of aromatic nitrogens is 4. The highest BCUT2D eigenvalue weighted by atomic mass is 35.5. The minimum Gasteiger partial charge on any atom is -0.478 e. The molecule has 1 amide bonds. The lowest BCUT2D eigenvalue weighted by Gasteiger charge is -2.36. The zero-order valence-corrected chi connectivity index (χ0v) is 24.8. The van der Waals surface area contributed by atoms with Crippen molar-refractivity contribution in [3.05, 3.63) is 76.1 Å². The van der Waals surface area contributed by atoms with Crippen LogP contribution in [0.3, 0.4) is 0 Å². The van der Waals surface area contributed by atoms with Gasteiger partial charge in [-0.3, -0.25) is 9.69 Å². The second kappa shape index (κ2) is 11.5. The Hall–Kier alpha value is -4.00. The standard InChI is InChI=1S/C31H30ClF3N6O3/c1-3-44-27-12-19(21-6-5-20(32)13-22(21)28-39-37-17-40(28)2)11-26(38-27)41-15-24-23(29(41)42)9-18(10-25(24)31(33,34)35)14-36-16-30(43)7-4-8-30/h5-6,9-13,17,36,43H,3-4,7-8,14-16H2,1-2H3. The van der Waals surface area contributed by atoms with Crippen LogP contribution in [0, 0.1) is 0 Å². The van der Waals surface area contributed by atoms with Gasteiger partial charge in [0.1, 0.15) is 12.1 Å². The molecule has 2 aromatic heterocycles. The number of alkyl halides is 3. The van der Waals surface area contributed by atoms with Crippen LogP contribution in [0.25, 0.3) is 22.5 Å². The van der Waals surface area contributed by atoms with Crippen LogP contribution in [0.5, 0.6) is 5.88 Å². The largest absolute Gasteiger partial charge is 0.478 e. The highest BCUT2D eigenvalue weighted by Crippen LogP contribution is 2.41. The van der Waals surface area contributed by atoms with E-state index in [1.807, 2.05) is 0 Å². The lowest BCUT2D eigenvalue weighted by Crippen LogP contribution is -2.46. The maximum absolute atomic E-state index is 14.3. The topological polar surface area (TPSA) is 105 Å². The van der Waals surface area contributed by atoms with Gasteiger partial charge in [0, 0.05) is 42.4 Å². The molecule has 0 bridgehead atoms. The zero-order chi connectivity index (χ0) is 31.2. The van der Waals surface area contributed by atoms with Crippen LogP contribution < -0.4 is 15.0 Å². The minimum absolute atomic E-state index is 0.0320. The average Bonchev–Trinajstić information content (AvgIpc) is 3.54. The summed E-state index contributed by atoms with van der Waals surface area (Å²) in [5.74, 6) is 0.300. The summed E-state index contributed by atoms with van der Waals surface area (Å²) in [4.78, 5) is 19.5. The van der Waals surface area contributed by atoms with E-state index in [0.29, 0.717) is 45.9 Å². The molecule has 1 aliphatic carbocycles. The summed E-state index contributed by atoms with van der Waals surface area (Å²) in [5.41, 5.74) is 0.422. The SMILES string of the molecule is CCOc1cc(-c2ccc(Cl)cc2-c2nncn2C)cc(N2Cc3c(cc(CNCC4(O)CCC4)cc3C(F)(F)F)C2=O)n1. The number of ether oxygens (including phenoxy) is 1. The lowest BCUT2D eigenvalue weighted by molar-refractivity contribution is -0.138. The third-order valence-corrected chi connectivity index (χ3v) is 8.31. The number of nitrogens with zero attached hydrogens (tertiary/aromatic N) is 5. The van der Waals surface area contributed by atoms with Crippen molar-refractivity contribution in [2.75, 3.05) is 18.1 Å². The Morgan fingerprint density at radius 1 is 1.11 bits per heavy atom. The van der Waals surface area contributed by atoms with E-state index < -0.39 is 23.2 Å². The molecule has 2 N–H and O–H groups in total. The Morgan fingerprint density at radius 3 is 2.57 bits per heavy atom. The molecule has 1 saturated carbocycles. The summed E-state index contributed by atoms with van der Waals surface area (Å²) >= 11 is 6.33. The Kier molecular flexibility index (Phi) is 7.85. The second-order valence-corrected chi connectivity index (χ2v) is 11.6. The Balaban J connectivity index is 1.38. The number of halogens is 4. The number of fused-ring (bicyclic) bond motifs is 1. The fraction of sp³-hybridized carbons (Fsp3) is 0.355. The third-order valence-electron chi connectivity index (χ3n) is 8.08. The van der Waals surface area contributed by atoms with Crippen molar-refractivity contribution in [3.8, 4) is 28.4 Å². The van der Waals surface area contributed by atoms with E-state index in [-0.39, 0.29) is 49.1 Å². The molecule has 2 aromatic carbocycles. The molecule has 44 heavy (non-hydrogen) atoms. The first-order valence-corrected chi connectivity index (χ1v) is 14.6. The summed E-state index contributed by atoms with van der Waals surface area (Å²) in [5, 5.41) is 22.1. The van der Waals surface area contributed by atoms with E-state index in [0.717, 1.165) is 12.5 Å². The van der Waals surface area contributed by atoms with Gasteiger partial charge in [0.25, 0.3) is 5.91 Å². The molecule has 0 saturated heterocycles. The van der Waals surface area contributed by atoms with Gasteiger partial charge < -0.3 is 19.7 Å². The van der Waals surface area contributed by atoms with Crippen LogP contribution in [0.1, 0.15) is 53.2 Å². The van der Waals surface area contributed by atoms with Crippen molar-refractivity contribution in [2.24, 2.45) is 7.05 Å². The number of benzene rings is 2. The molecule has 1 fully saturated rings. The number of hydrogen-bond donors (Lipinski definition) is 2. The number of aliphatic hydroxyl groups is 1. The number of amides is 1. The summed E-state index contributed by atoms with van der Waals surface area (Å²) in [7, 11) is 1.79. The molecule has 4 aromatic rings. The molecule has 9 nitrogen and oxygen atoms in total. The first kappa shape index (κ1) is 30.0. The van der Waals surface area contributed by atoms with Gasteiger partial charge in [-0.1, -0.05) is 17.7 Å². The summed E-state index contributed by atoms with van der Waals surface area (Å²) in [6.45, 7) is 2.10. The highest BCUT2D eigenvalue weighted by Gasteiger charge is 2.41. The second-order valence-electron chi connectivity index (χ2n) is 11.2. The smallest absolute Gasteiger partial charge is 0.416 e. The molecule has 3 heterocycles. The Morgan fingerprint density at radius 2 is 1.91 bits per heavy atom. The number of rotatable bonds is 9. The number of pyridine rings is 1. The minimum atomic E-state index is -4.68. The van der Waals surface area contributed by atoms with Crippen molar-refractivity contribution in [2.45, 2.75) is 51.1 Å². The fourth-order valence-corrected chi connectivity index (χ4v) is 5.87. The zero-order valence-electron chi connectivity index (χ0n) is 24.1. The van der Waals surface area contributed by atoms with Gasteiger partial charge in [-0.15, -0.1) is 10.2 Å². The molecule has 1 aliphatic heterocycles. The van der Waals surface area contributed by atoms with E-state index in [1.165, 1.54) is 11.0 Å². The third kappa shape index (κ3) is 5.76. The van der Waals surface area contributed by atoms with Gasteiger partial charge in [-0.2, -0.15) is 18.2 Å². The van der Waals surface area contributed by atoms with E-state index in [1.54, 1.807) is 55.2 Å². The van der Waals surface area contributed by atoms with Crippen LogP contribution >= 0.6 is 11.6 Å². The predicted octanol–water partition coefficient (Wildman–Crippen LogP) is 5.78. The van der Waals surface area contributed by atoms with Crippen molar-refractivity contribution in [3.63, 3.8) is 0 Å². The molecule has 230 valence electrons. The van der Waals surface area contributed by atoms with Crippen molar-refractivity contribution < 1.29 is 27.8 Å². The van der Waals surface area contributed by atoms with E-state index in [2.05, 4.69) is 20.5 Å². The molecule has 13 heteroatoms. The number of aryl methyl sites for hydroxylation is 1. The van der Waals surface area contributed by atoms with Gasteiger partial charge in [0.05, 0.1) is 24.3 Å². The maximum atomic E-state index is 14.3. The average molecular weight is 627 g/mol. The maximum Gasteiger partial charge on any atom is 0.416 e. The molecule has 0 unspecified atom stereocenters. The normalized spacial score (nSPS) is 15.8. The van der Waals surface area contributed by atoms with E-state index in [4.69, 9.17) is 16.3 Å². The molecule has 0 spiro atoms. The molecular formula is C31H30ClF3N6O3. The molecular weight excluding hydrogens is 597 g/mol. The predicted molar refractivity (Wildman–Crippen MR) is 158 cm³/mol. The summed E-state index contributed by atoms with van der Waals surface area (Å²) in [6.07, 6.45) is -0.905. The van der Waals surface area contributed by atoms with Gasteiger partial charge >= 0.3 is 6.18 Å². The first-order chi connectivity index (χ1) is 21.0. The van der Waals surface area contributed by atoms with Crippen molar-refractivity contribution in [1.82, 2.24) is 25.1 Å². The van der Waals surface area contributed by atoms with Crippen LogP contribution in [0.2, 0.25) is 5.02 Å². The fourth-order valence-electron chi connectivity index (χ4n) is 5.70. The number of hydrogen-bond acceptors (Lipinski definition) is 7. The quantitative estimate of drug-likeness (QED) is 0.243. The van der Waals surface area contributed by atoms with Gasteiger partial charge in [-0.05, 0) is 78.8 Å². The van der Waals surface area contributed by atoms with Gasteiger partial charge in [0.2, 0.25) is 5.88 Å². The summed E-state index contributed by atoms with van der Waals surface area (Å²) in [6, 6.07) is 11.2.